The van der Waals surface area contributed by atoms with Crippen molar-refractivity contribution >= 4 is 23.5 Å². The normalized spacial score (nSPS) is 15.0. The Balaban J connectivity index is 2.06. The van der Waals surface area contributed by atoms with Crippen LogP contribution >= 0.6 is 0 Å². The van der Waals surface area contributed by atoms with E-state index in [2.05, 4.69) is 5.32 Å². The molecule has 0 aliphatic carbocycles. The van der Waals surface area contributed by atoms with Crippen molar-refractivity contribution in [2.24, 2.45) is 0 Å². The largest absolute Gasteiger partial charge is 0.493 e. The molecular formula is C19H17NO4. The average Bonchev–Trinajstić information content (AvgIpc) is 2.60. The molecule has 122 valence electrons. The number of hydrogen-bond acceptors (Lipinski definition) is 4. The molecule has 1 aliphatic rings. The molecule has 0 fully saturated rings. The van der Waals surface area contributed by atoms with Crippen molar-refractivity contribution in [2.45, 2.75) is 6.92 Å². The van der Waals surface area contributed by atoms with Crippen LogP contribution in [0, 0.1) is 0 Å². The van der Waals surface area contributed by atoms with Gasteiger partial charge in [0.05, 0.1) is 13.7 Å². The van der Waals surface area contributed by atoms with Gasteiger partial charge in [-0.25, -0.2) is 0 Å². The summed E-state index contributed by atoms with van der Waals surface area (Å²) in [7, 11) is 1.57. The fraction of sp³-hybridized carbons (Fsp3) is 0.158. The lowest BCUT2D eigenvalue weighted by atomic mass is 9.93. The smallest absolute Gasteiger partial charge is 0.258 e. The summed E-state index contributed by atoms with van der Waals surface area (Å²) in [6.07, 6.45) is 1.73. The molecule has 1 aliphatic heterocycles. The van der Waals surface area contributed by atoms with E-state index in [1.807, 2.05) is 13.0 Å². The molecule has 0 bridgehead atoms. The zero-order valence-electron chi connectivity index (χ0n) is 13.5. The number of carbonyl (C=O) groups excluding carboxylic acids is 2. The van der Waals surface area contributed by atoms with Crippen molar-refractivity contribution in [3.8, 4) is 11.5 Å². The van der Waals surface area contributed by atoms with Crippen LogP contribution in [0.2, 0.25) is 0 Å². The van der Waals surface area contributed by atoms with E-state index < -0.39 is 5.91 Å². The third-order valence-corrected chi connectivity index (χ3v) is 3.73. The van der Waals surface area contributed by atoms with Crippen molar-refractivity contribution < 1.29 is 19.1 Å². The Hall–Kier alpha value is -3.08. The maximum absolute atomic E-state index is 12.2. The second-order valence-electron chi connectivity index (χ2n) is 5.23. The first kappa shape index (κ1) is 15.8. The van der Waals surface area contributed by atoms with Gasteiger partial charge in [0.15, 0.2) is 11.5 Å². The maximum Gasteiger partial charge on any atom is 0.258 e. The standard InChI is InChI=1S/C19H17NO4/c1-3-24-16-9-8-12(11-17(16)23-2)10-15-13-6-4-5-7-14(13)18(21)20-19(15)22/h4-11H,3H2,1-2H3,(H,20,21,22)/b15-10-. The minimum atomic E-state index is -0.411. The Morgan fingerprint density at radius 2 is 1.75 bits per heavy atom. The third kappa shape index (κ3) is 2.88. The summed E-state index contributed by atoms with van der Waals surface area (Å²) in [4.78, 5) is 24.2. The van der Waals surface area contributed by atoms with Crippen LogP contribution in [-0.2, 0) is 4.79 Å². The first-order valence-electron chi connectivity index (χ1n) is 7.61. The molecule has 5 heteroatoms. The monoisotopic (exact) mass is 323 g/mol. The SMILES string of the molecule is CCOc1ccc(/C=C2\C(=O)NC(=O)c3ccccc32)cc1OC. The highest BCUT2D eigenvalue weighted by molar-refractivity contribution is 6.33. The van der Waals surface area contributed by atoms with E-state index in [1.165, 1.54) is 0 Å². The Bertz CT molecular complexity index is 839. The highest BCUT2D eigenvalue weighted by Crippen LogP contribution is 2.31. The van der Waals surface area contributed by atoms with E-state index in [4.69, 9.17) is 9.47 Å². The second-order valence-corrected chi connectivity index (χ2v) is 5.23. The summed E-state index contributed by atoms with van der Waals surface area (Å²) in [6, 6.07) is 12.5. The number of hydrogen-bond donors (Lipinski definition) is 1. The van der Waals surface area contributed by atoms with Crippen LogP contribution < -0.4 is 14.8 Å². The molecule has 2 amide bonds. The fourth-order valence-electron chi connectivity index (χ4n) is 2.63. The second kappa shape index (κ2) is 6.58. The van der Waals surface area contributed by atoms with E-state index in [0.717, 1.165) is 5.56 Å². The van der Waals surface area contributed by atoms with Crippen molar-refractivity contribution in [1.82, 2.24) is 5.32 Å². The molecular weight excluding hydrogens is 306 g/mol. The van der Waals surface area contributed by atoms with Crippen LogP contribution in [0.15, 0.2) is 42.5 Å². The number of imide groups is 1. The van der Waals surface area contributed by atoms with E-state index in [1.54, 1.807) is 49.6 Å². The van der Waals surface area contributed by atoms with Gasteiger partial charge in [-0.15, -0.1) is 0 Å². The summed E-state index contributed by atoms with van der Waals surface area (Å²) in [5.74, 6) is 0.446. The summed E-state index contributed by atoms with van der Waals surface area (Å²) >= 11 is 0. The molecule has 0 spiro atoms. The van der Waals surface area contributed by atoms with Gasteiger partial charge in [0.1, 0.15) is 0 Å². The summed E-state index contributed by atoms with van der Waals surface area (Å²) in [6.45, 7) is 2.43. The van der Waals surface area contributed by atoms with E-state index in [0.29, 0.717) is 34.8 Å². The van der Waals surface area contributed by atoms with Crippen LogP contribution in [0.4, 0.5) is 0 Å². The van der Waals surface area contributed by atoms with Gasteiger partial charge in [-0.05, 0) is 42.3 Å². The van der Waals surface area contributed by atoms with Gasteiger partial charge in [-0.1, -0.05) is 24.3 Å². The molecule has 5 nitrogen and oxygen atoms in total. The Kier molecular flexibility index (Phi) is 4.33. The van der Waals surface area contributed by atoms with Crippen LogP contribution in [0.5, 0.6) is 11.5 Å². The first-order chi connectivity index (χ1) is 11.6. The predicted molar refractivity (Wildman–Crippen MR) is 90.9 cm³/mol. The highest BCUT2D eigenvalue weighted by Gasteiger charge is 2.26. The molecule has 0 saturated heterocycles. The predicted octanol–water partition coefficient (Wildman–Crippen LogP) is 2.90. The van der Waals surface area contributed by atoms with Gasteiger partial charge in [0, 0.05) is 11.1 Å². The molecule has 0 saturated carbocycles. The lowest BCUT2D eigenvalue weighted by molar-refractivity contribution is -0.114. The molecule has 0 aromatic heterocycles. The van der Waals surface area contributed by atoms with Gasteiger partial charge in [0.25, 0.3) is 11.8 Å². The van der Waals surface area contributed by atoms with Crippen LogP contribution in [0.1, 0.15) is 28.4 Å². The summed E-state index contributed by atoms with van der Waals surface area (Å²) in [5.41, 5.74) is 2.33. The lowest BCUT2D eigenvalue weighted by Gasteiger charge is -2.18. The van der Waals surface area contributed by atoms with E-state index >= 15 is 0 Å². The van der Waals surface area contributed by atoms with Gasteiger partial charge >= 0.3 is 0 Å². The number of ether oxygens (including phenoxy) is 2. The van der Waals surface area contributed by atoms with Crippen molar-refractivity contribution in [1.29, 1.82) is 0 Å². The Morgan fingerprint density at radius 3 is 2.46 bits per heavy atom. The van der Waals surface area contributed by atoms with E-state index in [-0.39, 0.29) is 5.91 Å². The van der Waals surface area contributed by atoms with Crippen LogP contribution in [0.3, 0.4) is 0 Å². The molecule has 0 atom stereocenters. The summed E-state index contributed by atoms with van der Waals surface area (Å²) in [5, 5.41) is 2.36. The molecule has 2 aromatic carbocycles. The number of fused-ring (bicyclic) bond motifs is 1. The number of carbonyl (C=O) groups is 2. The number of benzene rings is 2. The molecule has 0 radical (unpaired) electrons. The van der Waals surface area contributed by atoms with Gasteiger partial charge < -0.3 is 9.47 Å². The molecule has 0 unspecified atom stereocenters. The molecule has 1 N–H and O–H groups in total. The number of nitrogens with one attached hydrogen (secondary N) is 1. The fourth-order valence-corrected chi connectivity index (χ4v) is 2.63. The van der Waals surface area contributed by atoms with Gasteiger partial charge in [0.2, 0.25) is 0 Å². The zero-order chi connectivity index (χ0) is 17.1. The minimum absolute atomic E-state index is 0.378. The number of methoxy groups -OCH3 is 1. The van der Waals surface area contributed by atoms with Gasteiger partial charge in [-0.2, -0.15) is 0 Å². The minimum Gasteiger partial charge on any atom is -0.493 e. The maximum atomic E-state index is 12.2. The summed E-state index contributed by atoms with van der Waals surface area (Å²) < 4.78 is 10.8. The van der Waals surface area contributed by atoms with E-state index in [9.17, 15) is 9.59 Å². The topological polar surface area (TPSA) is 64.6 Å². The van der Waals surface area contributed by atoms with Crippen molar-refractivity contribution in [2.75, 3.05) is 13.7 Å². The Labute approximate surface area is 139 Å². The molecule has 3 rings (SSSR count). The third-order valence-electron chi connectivity index (χ3n) is 3.73. The number of amides is 2. The van der Waals surface area contributed by atoms with Crippen molar-refractivity contribution in [3.63, 3.8) is 0 Å². The van der Waals surface area contributed by atoms with Crippen molar-refractivity contribution in [3.05, 3.63) is 59.2 Å². The first-order valence-corrected chi connectivity index (χ1v) is 7.61. The lowest BCUT2D eigenvalue weighted by Crippen LogP contribution is -2.36. The van der Waals surface area contributed by atoms with Gasteiger partial charge in [-0.3, -0.25) is 14.9 Å². The molecule has 2 aromatic rings. The quantitative estimate of drug-likeness (QED) is 0.694. The molecule has 1 heterocycles. The Morgan fingerprint density at radius 1 is 1.00 bits per heavy atom. The average molecular weight is 323 g/mol. The van der Waals surface area contributed by atoms with Crippen LogP contribution in [0.25, 0.3) is 11.6 Å². The molecule has 24 heavy (non-hydrogen) atoms. The van der Waals surface area contributed by atoms with Crippen LogP contribution in [-0.4, -0.2) is 25.5 Å². The highest BCUT2D eigenvalue weighted by atomic mass is 16.5. The zero-order valence-corrected chi connectivity index (χ0v) is 13.5. The number of rotatable bonds is 4.